The molecule has 0 aliphatic carbocycles. The molecule has 0 aromatic heterocycles. The van der Waals surface area contributed by atoms with E-state index in [1.165, 1.54) is 6.92 Å². The predicted octanol–water partition coefficient (Wildman–Crippen LogP) is 2.91. The van der Waals surface area contributed by atoms with Crippen molar-refractivity contribution in [3.63, 3.8) is 0 Å². The second-order valence-corrected chi connectivity index (χ2v) is 9.22. The average molecular weight is 467 g/mol. The van der Waals surface area contributed by atoms with Crippen molar-refractivity contribution in [1.82, 2.24) is 0 Å². The Labute approximate surface area is 196 Å². The Kier molecular flexibility index (Phi) is 9.26. The van der Waals surface area contributed by atoms with Gasteiger partial charge in [-0.25, -0.2) is 0 Å². The van der Waals surface area contributed by atoms with E-state index in [4.69, 9.17) is 28.4 Å². The van der Waals surface area contributed by atoms with Crippen molar-refractivity contribution in [2.24, 2.45) is 17.8 Å². The number of carbonyl (C=O) groups is 1. The highest BCUT2D eigenvalue weighted by Gasteiger charge is 2.48. The Balaban J connectivity index is 1.73. The summed E-state index contributed by atoms with van der Waals surface area (Å²) in [5.41, 5.74) is 1.03. The summed E-state index contributed by atoms with van der Waals surface area (Å²) in [6, 6.07) is 9.85. The fourth-order valence-electron chi connectivity index (χ4n) is 4.55. The molecule has 8 nitrogen and oxygen atoms in total. The molecule has 2 fully saturated rings. The molecular weight excluding hydrogens is 428 g/mol. The van der Waals surface area contributed by atoms with E-state index in [9.17, 15) is 9.90 Å². The molecular formula is C25H38O8. The number of hydrogen-bond donors (Lipinski definition) is 1. The Morgan fingerprint density at radius 1 is 0.970 bits per heavy atom. The first-order valence-corrected chi connectivity index (χ1v) is 11.7. The largest absolute Gasteiger partial charge is 0.463 e. The van der Waals surface area contributed by atoms with Gasteiger partial charge in [0.05, 0.1) is 24.9 Å². The molecule has 4 unspecified atom stereocenters. The lowest BCUT2D eigenvalue weighted by Crippen LogP contribution is -2.58. The van der Waals surface area contributed by atoms with Crippen LogP contribution in [0.5, 0.6) is 0 Å². The zero-order valence-electron chi connectivity index (χ0n) is 20.4. The molecule has 10 atom stereocenters. The van der Waals surface area contributed by atoms with Gasteiger partial charge in [0.25, 0.3) is 0 Å². The van der Waals surface area contributed by atoms with Crippen LogP contribution >= 0.6 is 0 Å². The molecule has 1 aromatic rings. The van der Waals surface area contributed by atoms with E-state index in [-0.39, 0.29) is 30.3 Å². The Morgan fingerprint density at radius 3 is 2.30 bits per heavy atom. The molecule has 0 saturated carbocycles. The number of aliphatic hydroxyl groups is 1. The highest BCUT2D eigenvalue weighted by atomic mass is 16.7. The third kappa shape index (κ3) is 6.32. The lowest BCUT2D eigenvalue weighted by Gasteiger charge is -2.48. The maximum Gasteiger partial charge on any atom is 0.302 e. The van der Waals surface area contributed by atoms with Crippen LogP contribution < -0.4 is 0 Å². The Morgan fingerprint density at radius 2 is 1.67 bits per heavy atom. The summed E-state index contributed by atoms with van der Waals surface area (Å²) in [6.45, 7) is 9.68. The first-order chi connectivity index (χ1) is 15.7. The number of benzene rings is 1. The summed E-state index contributed by atoms with van der Waals surface area (Å²) >= 11 is 0. The maximum absolute atomic E-state index is 11.4. The SMILES string of the molecule is CO[C@@H]1OC(COC(C)=O)[C@@H](O[C@@H]2OC(C)[C@@H](O)[C@@H](OCc3ccccc3)C2C)[C@H](C)C1C. The van der Waals surface area contributed by atoms with Crippen LogP contribution in [0, 0.1) is 17.8 Å². The highest BCUT2D eigenvalue weighted by Crippen LogP contribution is 2.37. The second kappa shape index (κ2) is 11.7. The summed E-state index contributed by atoms with van der Waals surface area (Å²) < 4.78 is 35.5. The molecule has 0 radical (unpaired) electrons. The molecule has 2 aliphatic rings. The number of hydrogen-bond acceptors (Lipinski definition) is 8. The minimum absolute atomic E-state index is 0.0471. The zero-order valence-corrected chi connectivity index (χ0v) is 20.4. The normalized spacial score (nSPS) is 39.2. The lowest BCUT2D eigenvalue weighted by molar-refractivity contribution is -0.334. The average Bonchev–Trinajstić information content (AvgIpc) is 2.80. The molecule has 1 N–H and O–H groups in total. The number of methoxy groups -OCH3 is 1. The first kappa shape index (κ1) is 26.1. The standard InChI is InChI=1S/C25H38O8/c1-14-15(2)24(28-6)32-20(13-29-18(5)26)22(14)33-25-16(3)23(21(27)17(4)31-25)30-12-19-10-8-7-9-11-19/h7-11,14-17,20-25,27H,12-13H2,1-6H3/t14-,15?,16?,17?,20?,21-,22+,23+,24-,25+/m1/s1. The quantitative estimate of drug-likeness (QED) is 0.585. The summed E-state index contributed by atoms with van der Waals surface area (Å²) in [5, 5.41) is 10.8. The summed E-state index contributed by atoms with van der Waals surface area (Å²) in [6.07, 6.45) is -3.66. The van der Waals surface area contributed by atoms with Gasteiger partial charge in [-0.15, -0.1) is 0 Å². The number of esters is 1. The number of aliphatic hydroxyl groups excluding tert-OH is 1. The van der Waals surface area contributed by atoms with Crippen LogP contribution in [-0.4, -0.2) is 67.9 Å². The van der Waals surface area contributed by atoms with Crippen molar-refractivity contribution in [2.75, 3.05) is 13.7 Å². The van der Waals surface area contributed by atoms with Gasteiger partial charge in [-0.05, 0) is 18.4 Å². The molecule has 2 saturated heterocycles. The van der Waals surface area contributed by atoms with E-state index < -0.39 is 43.1 Å². The smallest absolute Gasteiger partial charge is 0.302 e. The summed E-state index contributed by atoms with van der Waals surface area (Å²) in [7, 11) is 1.60. The molecule has 0 amide bonds. The van der Waals surface area contributed by atoms with Crippen molar-refractivity contribution >= 4 is 5.97 Å². The Bertz CT molecular complexity index is 743. The highest BCUT2D eigenvalue weighted by molar-refractivity contribution is 5.65. The minimum Gasteiger partial charge on any atom is -0.463 e. The lowest BCUT2D eigenvalue weighted by atomic mass is 9.84. The summed E-state index contributed by atoms with van der Waals surface area (Å²) in [4.78, 5) is 11.4. The van der Waals surface area contributed by atoms with E-state index in [2.05, 4.69) is 6.92 Å². The van der Waals surface area contributed by atoms with Gasteiger partial charge in [-0.2, -0.15) is 0 Å². The van der Waals surface area contributed by atoms with Crippen LogP contribution in [0.1, 0.15) is 40.2 Å². The topological polar surface area (TPSA) is 92.7 Å². The third-order valence-corrected chi connectivity index (χ3v) is 6.83. The van der Waals surface area contributed by atoms with Gasteiger partial charge in [0.15, 0.2) is 12.6 Å². The van der Waals surface area contributed by atoms with Gasteiger partial charge < -0.3 is 33.5 Å². The molecule has 0 bridgehead atoms. The van der Waals surface area contributed by atoms with Gasteiger partial charge in [0, 0.05) is 25.9 Å². The van der Waals surface area contributed by atoms with Crippen molar-refractivity contribution in [1.29, 1.82) is 0 Å². The van der Waals surface area contributed by atoms with E-state index in [0.717, 1.165) is 5.56 Å². The number of carbonyl (C=O) groups excluding carboxylic acids is 1. The molecule has 33 heavy (non-hydrogen) atoms. The van der Waals surface area contributed by atoms with E-state index in [1.807, 2.05) is 51.1 Å². The van der Waals surface area contributed by atoms with Crippen molar-refractivity contribution < 1.29 is 38.3 Å². The molecule has 186 valence electrons. The molecule has 0 spiro atoms. The van der Waals surface area contributed by atoms with E-state index in [1.54, 1.807) is 7.11 Å². The Hall–Kier alpha value is -1.55. The van der Waals surface area contributed by atoms with Gasteiger partial charge in [0.2, 0.25) is 0 Å². The van der Waals surface area contributed by atoms with Crippen molar-refractivity contribution in [3.8, 4) is 0 Å². The monoisotopic (exact) mass is 466 g/mol. The van der Waals surface area contributed by atoms with Crippen LogP contribution in [0.2, 0.25) is 0 Å². The molecule has 3 rings (SSSR count). The molecule has 2 heterocycles. The van der Waals surface area contributed by atoms with Gasteiger partial charge in [0.1, 0.15) is 18.8 Å². The summed E-state index contributed by atoms with van der Waals surface area (Å²) in [5.74, 6) is -0.519. The molecule has 8 heteroatoms. The van der Waals surface area contributed by atoms with Crippen molar-refractivity contribution in [3.05, 3.63) is 35.9 Å². The first-order valence-electron chi connectivity index (χ1n) is 11.7. The predicted molar refractivity (Wildman–Crippen MR) is 120 cm³/mol. The van der Waals surface area contributed by atoms with E-state index >= 15 is 0 Å². The van der Waals surface area contributed by atoms with Gasteiger partial charge in [-0.1, -0.05) is 51.1 Å². The number of ether oxygens (including phenoxy) is 6. The van der Waals surface area contributed by atoms with Crippen LogP contribution in [0.3, 0.4) is 0 Å². The van der Waals surface area contributed by atoms with Crippen LogP contribution in [0.25, 0.3) is 0 Å². The van der Waals surface area contributed by atoms with Gasteiger partial charge in [-0.3, -0.25) is 4.79 Å². The third-order valence-electron chi connectivity index (χ3n) is 6.83. The van der Waals surface area contributed by atoms with Crippen molar-refractivity contribution in [2.45, 2.75) is 84.3 Å². The maximum atomic E-state index is 11.4. The molecule has 2 aliphatic heterocycles. The van der Waals surface area contributed by atoms with E-state index in [0.29, 0.717) is 6.61 Å². The fourth-order valence-corrected chi connectivity index (χ4v) is 4.55. The minimum atomic E-state index is -0.780. The van der Waals surface area contributed by atoms with Crippen LogP contribution in [0.4, 0.5) is 0 Å². The van der Waals surface area contributed by atoms with Crippen LogP contribution in [-0.2, 0) is 39.8 Å². The fraction of sp³-hybridized carbons (Fsp3) is 0.720. The second-order valence-electron chi connectivity index (χ2n) is 9.22. The van der Waals surface area contributed by atoms with Gasteiger partial charge >= 0.3 is 5.97 Å². The van der Waals surface area contributed by atoms with Crippen LogP contribution in [0.15, 0.2) is 30.3 Å². The zero-order chi connectivity index (χ0) is 24.1. The number of rotatable bonds is 8. The molecule has 1 aromatic carbocycles.